The smallest absolute Gasteiger partial charge is 0.322 e. The first-order valence-electron chi connectivity index (χ1n) is 41.1. The largest absolute Gasteiger partial charge is 0.481 e. The Morgan fingerprint density at radius 3 is 1.29 bits per heavy atom. The van der Waals surface area contributed by atoms with E-state index in [1.807, 2.05) is 5.32 Å². The predicted octanol–water partition coefficient (Wildman–Crippen LogP) is -14.4. The first-order valence-corrected chi connectivity index (χ1v) is 41.1. The van der Waals surface area contributed by atoms with Gasteiger partial charge in [0.25, 0.3) is 0 Å². The molecule has 4 saturated heterocycles. The zero-order valence-corrected chi connectivity index (χ0v) is 69.6. The number of aromatic nitrogens is 2. The molecule has 0 bridgehead atoms. The number of nitrogens with zero attached hydrogens (tertiary/aromatic N) is 5. The number of nitrogens with one attached hydrogen (secondary N) is 15. The molecule has 1 aromatic rings. The molecule has 4 fully saturated rings. The number of nitrogens with two attached hydrogens (primary N) is 3. The topological polar surface area (TPSA) is 808 Å². The first-order chi connectivity index (χ1) is 59.8. The zero-order valence-electron chi connectivity index (χ0n) is 69.6. The van der Waals surface area contributed by atoms with Gasteiger partial charge in [-0.05, 0) is 123 Å². The molecule has 5 rings (SSSR count). The van der Waals surface area contributed by atoms with Gasteiger partial charge in [-0.15, -0.1) is 0 Å². The van der Waals surface area contributed by atoms with Gasteiger partial charge in [0.15, 0.2) is 0 Å². The highest BCUT2D eigenvalue weighted by Gasteiger charge is 2.47. The molecule has 4 aliphatic heterocycles. The number of aliphatic carboxylic acids is 3. The van der Waals surface area contributed by atoms with Crippen molar-refractivity contribution in [2.24, 2.45) is 17.2 Å². The average molecular weight is 1790 g/mol. The fourth-order valence-electron chi connectivity index (χ4n) is 14.3. The number of likely N-dealkylation sites (tertiary alicyclic amines) is 4. The molecular weight excluding hydrogens is 1670 g/mol. The average Bonchev–Trinajstić information content (AvgIpc) is 1.65. The van der Waals surface area contributed by atoms with E-state index in [0.717, 1.165) is 33.4 Å². The standard InChI is InChI=1S/C74H117N23O29/c1-37(101)59(92-62(114)41(12-4-6-20-76)85-63(115)44(26-57(109)110)87-65(117)45(33-98)89-61(113)40(11-3-5-19-75)86-67(119)49-14-8-22-95(49)71(123)42(17-18-56(107)108)84-55(106)31-79-52(103)27-77)69(121)88-43(25-39-28-78-36-83-39)64(116)93-60(38(2)102)70(122)91-47(35-100)73(125)97-24-10-16-51(97)74(126)96-23-9-15-50(96)68(120)90-46(34-99)72(124)94-21-7-13-48(94)66(118)82-30-54(105)80-29-53(104)81-32-58(111)112/h28,36-38,40-51,59-60,98-102H,3-27,29-35,75-77H2,1-2H3,(H,78,83)(H,79,103)(H,80,105)(H,81,104)(H,82,118)(H,84,106)(H,85,115)(H,86,119)(H,87,117)(H,88,121)(H,89,113)(H,90,120)(H,91,122)(H,92,114)(H,93,116)(H,107,108)(H,109,110)(H,111,112)/t37-,38-,40+,41+,42+,43+,44+,45+,46+,47+,48+,49+,50+,51+,59+,60+/m1/s1. The van der Waals surface area contributed by atoms with E-state index in [1.54, 1.807) is 0 Å². The molecule has 1 aromatic heterocycles. The first kappa shape index (κ1) is 104. The van der Waals surface area contributed by atoms with Crippen LogP contribution >= 0.6 is 0 Å². The number of unbranched alkanes of at least 4 members (excludes halogenated alkanes) is 2. The lowest BCUT2D eigenvalue weighted by atomic mass is 10.0. The van der Waals surface area contributed by atoms with Gasteiger partial charge in [0.05, 0.1) is 76.6 Å². The maximum Gasteiger partial charge on any atom is 0.322 e. The fraction of sp³-hybridized carbons (Fsp3) is 0.676. The number of carbonyl (C=O) groups is 21. The second-order valence-electron chi connectivity index (χ2n) is 30.3. The number of hydrogen-bond acceptors (Lipinski definition) is 30. The minimum absolute atomic E-state index is 0.00243. The van der Waals surface area contributed by atoms with Crippen molar-refractivity contribution < 1.29 is 142 Å². The van der Waals surface area contributed by atoms with Crippen LogP contribution in [0.5, 0.6) is 0 Å². The summed E-state index contributed by atoms with van der Waals surface area (Å²) in [4.78, 5) is 292. The summed E-state index contributed by atoms with van der Waals surface area (Å²) in [6, 6.07) is -23.4. The van der Waals surface area contributed by atoms with Gasteiger partial charge < -0.3 is 157 Å². The summed E-state index contributed by atoms with van der Waals surface area (Å²) in [7, 11) is 0. The maximum atomic E-state index is 14.5. The Morgan fingerprint density at radius 2 is 0.802 bits per heavy atom. The predicted molar refractivity (Wildman–Crippen MR) is 429 cm³/mol. The van der Waals surface area contributed by atoms with E-state index in [9.17, 15) is 136 Å². The van der Waals surface area contributed by atoms with Crippen molar-refractivity contribution in [1.82, 2.24) is 104 Å². The third-order valence-corrected chi connectivity index (χ3v) is 20.9. The number of carboxylic acid groups (broad SMARTS) is 3. The number of amides is 18. The number of hydrogen-bond donors (Lipinski definition) is 26. The SMILES string of the molecule is C[C@@H](O)[C@H](NC(=O)[C@H](CCCCN)NC(=O)[C@H](CC(=O)O)NC(=O)[C@H](CO)NC(=O)[C@H](CCCCN)NC(=O)[C@@H]1CCCN1C(=O)[C@H](CCC(=O)O)NC(=O)CNC(=O)CN)C(=O)N[C@@H](Cc1c[nH]cn1)C(=O)N[C@H](C(=O)N[C@@H](CO)C(=O)N1CCC[C@H]1C(=O)N1CCC[C@H]1C(=O)N[C@@H](CO)C(=O)N1CCC[C@H]1C(=O)NCC(=O)NCC(=O)NCC(=O)O)[C@@H](C)O. The van der Waals surface area contributed by atoms with Gasteiger partial charge in [0.2, 0.25) is 106 Å². The fourth-order valence-corrected chi connectivity index (χ4v) is 14.3. The molecule has 18 amide bonds. The molecule has 0 saturated carbocycles. The normalized spacial score (nSPS) is 18.8. The quantitative estimate of drug-likeness (QED) is 0.0269. The van der Waals surface area contributed by atoms with Gasteiger partial charge in [0.1, 0.15) is 91.1 Å². The van der Waals surface area contributed by atoms with Crippen molar-refractivity contribution in [3.8, 4) is 0 Å². The van der Waals surface area contributed by atoms with Gasteiger partial charge in [-0.3, -0.25) is 101 Å². The van der Waals surface area contributed by atoms with Gasteiger partial charge in [0, 0.05) is 45.2 Å². The highest BCUT2D eigenvalue weighted by Crippen LogP contribution is 2.27. The number of rotatable bonds is 53. The summed E-state index contributed by atoms with van der Waals surface area (Å²) in [6.07, 6.45) is -2.62. The number of carboxylic acids is 3. The van der Waals surface area contributed by atoms with Crippen molar-refractivity contribution >= 4 is 124 Å². The summed E-state index contributed by atoms with van der Waals surface area (Å²) in [5, 5.41) is 114. The monoisotopic (exact) mass is 1790 g/mol. The van der Waals surface area contributed by atoms with Crippen LogP contribution in [0.2, 0.25) is 0 Å². The van der Waals surface area contributed by atoms with Gasteiger partial charge in [-0.1, -0.05) is 0 Å². The Balaban J connectivity index is 1.25. The van der Waals surface area contributed by atoms with E-state index in [4.69, 9.17) is 22.3 Å². The highest BCUT2D eigenvalue weighted by molar-refractivity contribution is 6.02. The van der Waals surface area contributed by atoms with Crippen molar-refractivity contribution in [3.63, 3.8) is 0 Å². The summed E-state index contributed by atoms with van der Waals surface area (Å²) in [6.45, 7) is -4.35. The molecule has 0 aromatic carbocycles. The zero-order chi connectivity index (χ0) is 93.6. The molecule has 0 unspecified atom stereocenters. The van der Waals surface area contributed by atoms with E-state index in [2.05, 4.69) is 79.1 Å². The number of imidazole rings is 1. The van der Waals surface area contributed by atoms with E-state index in [-0.39, 0.29) is 122 Å². The number of aliphatic hydroxyl groups excluding tert-OH is 5. The summed E-state index contributed by atoms with van der Waals surface area (Å²) in [5.74, 6) is -22.7. The molecule has 702 valence electrons. The van der Waals surface area contributed by atoms with Crippen LogP contribution in [-0.4, -0.2) is 383 Å². The molecule has 0 spiro atoms. The highest BCUT2D eigenvalue weighted by atomic mass is 16.4. The van der Waals surface area contributed by atoms with Crippen LogP contribution in [0.4, 0.5) is 0 Å². The van der Waals surface area contributed by atoms with Crippen molar-refractivity contribution in [2.45, 2.75) is 226 Å². The third kappa shape index (κ3) is 32.4. The van der Waals surface area contributed by atoms with Crippen LogP contribution < -0.4 is 91.6 Å². The molecule has 4 aliphatic rings. The van der Waals surface area contributed by atoms with Gasteiger partial charge in [-0.2, -0.15) is 0 Å². The van der Waals surface area contributed by atoms with Crippen LogP contribution in [0.25, 0.3) is 0 Å². The third-order valence-electron chi connectivity index (χ3n) is 20.9. The molecule has 0 radical (unpaired) electrons. The second-order valence-corrected chi connectivity index (χ2v) is 30.3. The number of carbonyl (C=O) groups excluding carboxylic acids is 18. The molecule has 0 aliphatic carbocycles. The Kier molecular flexibility index (Phi) is 43.5. The van der Waals surface area contributed by atoms with Crippen molar-refractivity contribution in [3.05, 3.63) is 18.2 Å². The second kappa shape index (κ2) is 52.5. The molecule has 52 nitrogen and oxygen atoms in total. The maximum absolute atomic E-state index is 14.5. The Bertz CT molecular complexity index is 4010. The summed E-state index contributed by atoms with van der Waals surface area (Å²) < 4.78 is 0. The minimum atomic E-state index is -2.12. The summed E-state index contributed by atoms with van der Waals surface area (Å²) in [5.41, 5.74) is 16.8. The Labute approximate surface area is 720 Å². The van der Waals surface area contributed by atoms with E-state index < -0.39 is 299 Å². The lowest BCUT2D eigenvalue weighted by molar-refractivity contribution is -0.149. The lowest BCUT2D eigenvalue weighted by Gasteiger charge is -2.33. The molecule has 16 atom stereocenters. The minimum Gasteiger partial charge on any atom is -0.481 e. The molecule has 5 heterocycles. The van der Waals surface area contributed by atoms with E-state index >= 15 is 0 Å². The van der Waals surface area contributed by atoms with Gasteiger partial charge >= 0.3 is 17.9 Å². The number of aliphatic hydroxyl groups is 5. The van der Waals surface area contributed by atoms with Crippen LogP contribution in [-0.2, 0) is 107 Å². The summed E-state index contributed by atoms with van der Waals surface area (Å²) >= 11 is 0. The molecule has 126 heavy (non-hydrogen) atoms. The van der Waals surface area contributed by atoms with Gasteiger partial charge in [-0.25, -0.2) is 4.98 Å². The van der Waals surface area contributed by atoms with Crippen molar-refractivity contribution in [1.29, 1.82) is 0 Å². The van der Waals surface area contributed by atoms with Crippen LogP contribution in [0, 0.1) is 0 Å². The Morgan fingerprint density at radius 1 is 0.405 bits per heavy atom. The van der Waals surface area contributed by atoms with E-state index in [1.165, 1.54) is 12.5 Å². The van der Waals surface area contributed by atoms with Crippen LogP contribution in [0.3, 0.4) is 0 Å². The molecule has 52 heteroatoms. The number of H-pyrrole nitrogens is 1. The number of aromatic amines is 1. The van der Waals surface area contributed by atoms with Crippen LogP contribution in [0.15, 0.2) is 12.5 Å². The molecular formula is C74H117N23O29. The van der Waals surface area contributed by atoms with E-state index in [0.29, 0.717) is 12.8 Å². The molecule has 29 N–H and O–H groups in total. The Hall–Kier alpha value is -12.2. The van der Waals surface area contributed by atoms with Crippen molar-refractivity contribution in [2.75, 3.05) is 91.8 Å². The lowest BCUT2D eigenvalue weighted by Crippen LogP contribution is -2.63. The van der Waals surface area contributed by atoms with Crippen LogP contribution in [0.1, 0.15) is 129 Å².